The van der Waals surface area contributed by atoms with Gasteiger partial charge in [-0.1, -0.05) is 36.4 Å². The highest BCUT2D eigenvalue weighted by atomic mass is 16.5. The first-order chi connectivity index (χ1) is 14.6. The van der Waals surface area contributed by atoms with Gasteiger partial charge in [-0.3, -0.25) is 14.3 Å². The zero-order valence-corrected chi connectivity index (χ0v) is 16.6. The molecule has 30 heavy (non-hydrogen) atoms. The average molecular weight is 400 g/mol. The van der Waals surface area contributed by atoms with E-state index in [1.54, 1.807) is 49.1 Å². The van der Waals surface area contributed by atoms with E-state index < -0.39 is 5.91 Å². The van der Waals surface area contributed by atoms with E-state index in [-0.39, 0.29) is 22.7 Å². The molecule has 0 spiro atoms. The van der Waals surface area contributed by atoms with Crippen molar-refractivity contribution >= 4 is 11.6 Å². The van der Waals surface area contributed by atoms with Crippen LogP contribution in [0, 0.1) is 6.92 Å². The minimum Gasteiger partial charge on any atom is -0.438 e. The standard InChI is InChI=1S/C23H20N4O3/c1-16-20(23(29)27(26(16)2)17-10-5-3-6-11-17)25-21(28)19-14-9-15-24-22(19)30-18-12-7-4-8-13-18/h3-15H,1-2H3,(H,25,28). The van der Waals surface area contributed by atoms with Crippen LogP contribution in [-0.2, 0) is 7.05 Å². The SMILES string of the molecule is Cc1c(NC(=O)c2cccnc2Oc2ccccc2)c(=O)n(-c2ccccc2)n1C. The summed E-state index contributed by atoms with van der Waals surface area (Å²) in [5.41, 5.74) is 1.47. The largest absolute Gasteiger partial charge is 0.438 e. The van der Waals surface area contributed by atoms with Crippen molar-refractivity contribution in [3.05, 3.63) is 101 Å². The zero-order valence-electron chi connectivity index (χ0n) is 16.6. The van der Waals surface area contributed by atoms with Gasteiger partial charge in [-0.05, 0) is 43.3 Å². The number of nitrogens with one attached hydrogen (secondary N) is 1. The number of hydrogen-bond donors (Lipinski definition) is 1. The number of hydrogen-bond acceptors (Lipinski definition) is 4. The second-order valence-electron chi connectivity index (χ2n) is 6.66. The molecule has 7 nitrogen and oxygen atoms in total. The molecule has 0 atom stereocenters. The maximum Gasteiger partial charge on any atom is 0.295 e. The maximum atomic E-state index is 13.0. The Hall–Kier alpha value is -4.13. The van der Waals surface area contributed by atoms with Crippen molar-refractivity contribution < 1.29 is 9.53 Å². The van der Waals surface area contributed by atoms with E-state index in [9.17, 15) is 9.59 Å². The van der Waals surface area contributed by atoms with Gasteiger partial charge in [-0.15, -0.1) is 0 Å². The maximum absolute atomic E-state index is 13.0. The van der Waals surface area contributed by atoms with Gasteiger partial charge < -0.3 is 10.1 Å². The van der Waals surface area contributed by atoms with Crippen molar-refractivity contribution in [1.82, 2.24) is 14.3 Å². The Balaban J connectivity index is 1.67. The smallest absolute Gasteiger partial charge is 0.295 e. The van der Waals surface area contributed by atoms with E-state index in [4.69, 9.17) is 4.74 Å². The molecular weight excluding hydrogens is 380 g/mol. The molecule has 4 rings (SSSR count). The summed E-state index contributed by atoms with van der Waals surface area (Å²) in [4.78, 5) is 30.2. The topological polar surface area (TPSA) is 78.2 Å². The van der Waals surface area contributed by atoms with Crippen molar-refractivity contribution in [3.63, 3.8) is 0 Å². The number of carbonyl (C=O) groups is 1. The van der Waals surface area contributed by atoms with E-state index in [1.165, 1.54) is 4.68 Å². The Morgan fingerprint density at radius 2 is 1.63 bits per heavy atom. The third-order valence-electron chi connectivity index (χ3n) is 4.77. The van der Waals surface area contributed by atoms with Crippen molar-refractivity contribution in [2.45, 2.75) is 6.92 Å². The summed E-state index contributed by atoms with van der Waals surface area (Å²) in [5, 5.41) is 2.74. The third-order valence-corrected chi connectivity index (χ3v) is 4.77. The molecule has 0 saturated carbocycles. The van der Waals surface area contributed by atoms with Crippen LogP contribution in [0.15, 0.2) is 83.8 Å². The average Bonchev–Trinajstić information content (AvgIpc) is 2.98. The van der Waals surface area contributed by atoms with Crippen molar-refractivity contribution in [3.8, 4) is 17.3 Å². The van der Waals surface area contributed by atoms with E-state index in [2.05, 4.69) is 10.3 Å². The number of nitrogens with zero attached hydrogens (tertiary/aromatic N) is 3. The van der Waals surface area contributed by atoms with Crippen molar-refractivity contribution in [1.29, 1.82) is 0 Å². The molecule has 2 aromatic heterocycles. The summed E-state index contributed by atoms with van der Waals surface area (Å²) >= 11 is 0. The first kappa shape index (κ1) is 19.2. The lowest BCUT2D eigenvalue weighted by Gasteiger charge is -2.09. The van der Waals surface area contributed by atoms with Gasteiger partial charge in [0.05, 0.1) is 11.4 Å². The summed E-state index contributed by atoms with van der Waals surface area (Å²) in [7, 11) is 1.77. The molecule has 1 amide bonds. The first-order valence-electron chi connectivity index (χ1n) is 9.39. The number of carbonyl (C=O) groups excluding carboxylic acids is 1. The lowest BCUT2D eigenvalue weighted by atomic mass is 10.2. The molecule has 2 heterocycles. The van der Waals surface area contributed by atoms with Crippen LogP contribution in [0.5, 0.6) is 11.6 Å². The summed E-state index contributed by atoms with van der Waals surface area (Å²) in [6, 6.07) is 21.6. The molecule has 0 aliphatic rings. The minimum atomic E-state index is -0.472. The highest BCUT2D eigenvalue weighted by molar-refractivity contribution is 6.06. The molecule has 0 saturated heterocycles. The number of benzene rings is 2. The predicted octanol–water partition coefficient (Wildman–Crippen LogP) is 3.92. The number of amides is 1. The molecule has 7 heteroatoms. The Morgan fingerprint density at radius 1 is 0.967 bits per heavy atom. The van der Waals surface area contributed by atoms with Crippen LogP contribution in [0.1, 0.15) is 16.1 Å². The van der Waals surface area contributed by atoms with Gasteiger partial charge in [-0.25, -0.2) is 9.67 Å². The van der Waals surface area contributed by atoms with Crippen LogP contribution in [0.3, 0.4) is 0 Å². The normalized spacial score (nSPS) is 10.6. The molecule has 0 fully saturated rings. The first-order valence-corrected chi connectivity index (χ1v) is 9.39. The fraction of sp³-hybridized carbons (Fsp3) is 0.0870. The van der Waals surface area contributed by atoms with E-state index in [1.807, 2.05) is 48.5 Å². The Kier molecular flexibility index (Phi) is 5.17. The van der Waals surface area contributed by atoms with Gasteiger partial charge in [0, 0.05) is 13.2 Å². The summed E-state index contributed by atoms with van der Waals surface area (Å²) in [6.45, 7) is 1.78. The van der Waals surface area contributed by atoms with Crippen molar-refractivity contribution in [2.24, 2.45) is 7.05 Å². The molecule has 0 aliphatic carbocycles. The molecule has 1 N–H and O–H groups in total. The van der Waals surface area contributed by atoms with Crippen LogP contribution in [0.2, 0.25) is 0 Å². The summed E-state index contributed by atoms with van der Waals surface area (Å²) in [5.74, 6) is 0.255. The van der Waals surface area contributed by atoms with Crippen LogP contribution in [0.4, 0.5) is 5.69 Å². The molecule has 0 aliphatic heterocycles. The predicted molar refractivity (Wildman–Crippen MR) is 114 cm³/mol. The highest BCUT2D eigenvalue weighted by Gasteiger charge is 2.21. The number of rotatable bonds is 5. The number of para-hydroxylation sites is 2. The van der Waals surface area contributed by atoms with Crippen LogP contribution >= 0.6 is 0 Å². The third kappa shape index (κ3) is 3.60. The van der Waals surface area contributed by atoms with Gasteiger partial charge >= 0.3 is 0 Å². The van der Waals surface area contributed by atoms with Crippen LogP contribution < -0.4 is 15.6 Å². The molecule has 4 aromatic rings. The zero-order chi connectivity index (χ0) is 21.1. The molecule has 0 bridgehead atoms. The fourth-order valence-electron chi connectivity index (χ4n) is 3.14. The highest BCUT2D eigenvalue weighted by Crippen LogP contribution is 2.24. The lowest BCUT2D eigenvalue weighted by molar-refractivity contribution is 0.102. The number of ether oxygens (including phenoxy) is 1. The lowest BCUT2D eigenvalue weighted by Crippen LogP contribution is -2.23. The van der Waals surface area contributed by atoms with E-state index >= 15 is 0 Å². The Labute approximate surface area is 173 Å². The van der Waals surface area contributed by atoms with Crippen molar-refractivity contribution in [2.75, 3.05) is 5.32 Å². The number of anilines is 1. The Morgan fingerprint density at radius 3 is 2.33 bits per heavy atom. The molecular formula is C23H20N4O3. The number of pyridine rings is 1. The quantitative estimate of drug-likeness (QED) is 0.551. The Bertz CT molecular complexity index is 1240. The molecule has 0 unspecified atom stereocenters. The van der Waals surface area contributed by atoms with Gasteiger partial charge in [-0.2, -0.15) is 0 Å². The fourth-order valence-corrected chi connectivity index (χ4v) is 3.14. The molecule has 0 radical (unpaired) electrons. The van der Waals surface area contributed by atoms with Gasteiger partial charge in [0.1, 0.15) is 17.0 Å². The second-order valence-corrected chi connectivity index (χ2v) is 6.66. The van der Waals surface area contributed by atoms with E-state index in [0.717, 1.165) is 0 Å². The van der Waals surface area contributed by atoms with Gasteiger partial charge in [0.25, 0.3) is 11.5 Å². The van der Waals surface area contributed by atoms with Gasteiger partial charge in [0.2, 0.25) is 5.88 Å². The number of aromatic nitrogens is 3. The summed E-state index contributed by atoms with van der Waals surface area (Å²) < 4.78 is 8.98. The van der Waals surface area contributed by atoms with Gasteiger partial charge in [0.15, 0.2) is 0 Å². The second kappa shape index (κ2) is 8.08. The molecule has 2 aromatic carbocycles. The monoisotopic (exact) mass is 400 g/mol. The molecule has 150 valence electrons. The van der Waals surface area contributed by atoms with E-state index in [0.29, 0.717) is 17.1 Å². The minimum absolute atomic E-state index is 0.165. The van der Waals surface area contributed by atoms with Crippen LogP contribution in [-0.4, -0.2) is 20.3 Å². The van der Waals surface area contributed by atoms with Crippen LogP contribution in [0.25, 0.3) is 5.69 Å². The summed E-state index contributed by atoms with van der Waals surface area (Å²) in [6.07, 6.45) is 1.55.